The lowest BCUT2D eigenvalue weighted by Crippen LogP contribution is -2.43. The van der Waals surface area contributed by atoms with Gasteiger partial charge in [-0.2, -0.15) is 0 Å². The van der Waals surface area contributed by atoms with E-state index < -0.39 is 6.09 Å². The molecule has 1 aliphatic heterocycles. The maximum Gasteiger partial charge on any atom is 0.416 e. The Balaban J connectivity index is 1.72. The number of allylic oxidation sites excluding steroid dienone is 2. The summed E-state index contributed by atoms with van der Waals surface area (Å²) in [4.78, 5) is 26.1. The van der Waals surface area contributed by atoms with Crippen LogP contribution in [-0.4, -0.2) is 29.5 Å². The van der Waals surface area contributed by atoms with E-state index in [0.717, 1.165) is 24.8 Å². The standard InChI is InChI=1S/C18H21NO3/c1-13-7-9-15(10-8-13)17(20)19-16(12-22-18(19)21)11-14-5-3-2-4-6-14/h2-7,15-16H,8-12H2,1H3/t15?,16-/m0/s1. The molecular weight excluding hydrogens is 278 g/mol. The number of rotatable bonds is 3. The number of hydrogen-bond donors (Lipinski definition) is 0. The van der Waals surface area contributed by atoms with Gasteiger partial charge in [0.25, 0.3) is 0 Å². The Morgan fingerprint density at radius 1 is 1.32 bits per heavy atom. The number of hydrogen-bond acceptors (Lipinski definition) is 3. The van der Waals surface area contributed by atoms with Crippen LogP contribution in [0.4, 0.5) is 4.79 Å². The van der Waals surface area contributed by atoms with Crippen LogP contribution in [0, 0.1) is 5.92 Å². The summed E-state index contributed by atoms with van der Waals surface area (Å²) in [5, 5.41) is 0. The molecule has 0 spiro atoms. The van der Waals surface area contributed by atoms with Gasteiger partial charge in [-0.15, -0.1) is 0 Å². The van der Waals surface area contributed by atoms with Gasteiger partial charge in [0.1, 0.15) is 6.61 Å². The van der Waals surface area contributed by atoms with E-state index >= 15 is 0 Å². The number of carbonyl (C=O) groups excluding carboxylic acids is 2. The van der Waals surface area contributed by atoms with Gasteiger partial charge in [-0.1, -0.05) is 42.0 Å². The summed E-state index contributed by atoms with van der Waals surface area (Å²) in [5.74, 6) is -0.167. The Hall–Kier alpha value is -2.10. The molecule has 1 aromatic carbocycles. The molecule has 1 saturated heterocycles. The first kappa shape index (κ1) is 14.8. The quantitative estimate of drug-likeness (QED) is 0.804. The van der Waals surface area contributed by atoms with Crippen LogP contribution in [0.1, 0.15) is 31.7 Å². The molecular formula is C18H21NO3. The summed E-state index contributed by atoms with van der Waals surface area (Å²) >= 11 is 0. The second kappa shape index (κ2) is 6.34. The van der Waals surface area contributed by atoms with Crippen LogP contribution < -0.4 is 0 Å². The van der Waals surface area contributed by atoms with Crippen molar-refractivity contribution in [3.63, 3.8) is 0 Å². The van der Waals surface area contributed by atoms with Crippen LogP contribution in [0.2, 0.25) is 0 Å². The number of imide groups is 1. The average molecular weight is 299 g/mol. The molecule has 0 radical (unpaired) electrons. The van der Waals surface area contributed by atoms with E-state index in [1.54, 1.807) is 0 Å². The zero-order valence-corrected chi connectivity index (χ0v) is 12.8. The van der Waals surface area contributed by atoms with Crippen LogP contribution in [0.3, 0.4) is 0 Å². The maximum atomic E-state index is 12.7. The summed E-state index contributed by atoms with van der Waals surface area (Å²) in [5.41, 5.74) is 2.44. The van der Waals surface area contributed by atoms with Gasteiger partial charge in [0.15, 0.2) is 0 Å². The van der Waals surface area contributed by atoms with Gasteiger partial charge in [0.05, 0.1) is 6.04 Å². The average Bonchev–Trinajstić information content (AvgIpc) is 2.89. The Bertz CT molecular complexity index is 594. The van der Waals surface area contributed by atoms with Gasteiger partial charge in [-0.25, -0.2) is 9.69 Å². The van der Waals surface area contributed by atoms with Gasteiger partial charge < -0.3 is 4.74 Å². The van der Waals surface area contributed by atoms with E-state index in [1.807, 2.05) is 30.3 Å². The summed E-state index contributed by atoms with van der Waals surface area (Å²) in [7, 11) is 0. The molecule has 0 saturated carbocycles. The summed E-state index contributed by atoms with van der Waals surface area (Å²) < 4.78 is 5.13. The zero-order valence-electron chi connectivity index (χ0n) is 12.8. The van der Waals surface area contributed by atoms with E-state index in [9.17, 15) is 9.59 Å². The van der Waals surface area contributed by atoms with Gasteiger partial charge in [-0.3, -0.25) is 4.79 Å². The fourth-order valence-electron chi connectivity index (χ4n) is 3.15. The molecule has 0 aromatic heterocycles. The Kier molecular flexibility index (Phi) is 4.27. The summed E-state index contributed by atoms with van der Waals surface area (Å²) in [6, 6.07) is 9.73. The SMILES string of the molecule is CC1=CCC(C(=O)N2C(=O)OC[C@@H]2Cc2ccccc2)CC1. The number of ether oxygens (including phenoxy) is 1. The molecule has 22 heavy (non-hydrogen) atoms. The lowest BCUT2D eigenvalue weighted by atomic mass is 9.89. The van der Waals surface area contributed by atoms with Gasteiger partial charge >= 0.3 is 6.09 Å². The van der Waals surface area contributed by atoms with Crippen molar-refractivity contribution in [2.24, 2.45) is 5.92 Å². The first-order valence-electron chi connectivity index (χ1n) is 7.84. The molecule has 4 nitrogen and oxygen atoms in total. The van der Waals surface area contributed by atoms with Gasteiger partial charge in [0, 0.05) is 5.92 Å². The highest BCUT2D eigenvalue weighted by Crippen LogP contribution is 2.28. The highest BCUT2D eigenvalue weighted by molar-refractivity contribution is 5.95. The van der Waals surface area contributed by atoms with E-state index in [2.05, 4.69) is 13.0 Å². The zero-order chi connectivity index (χ0) is 15.5. The highest BCUT2D eigenvalue weighted by Gasteiger charge is 2.40. The lowest BCUT2D eigenvalue weighted by molar-refractivity contribution is -0.133. The second-order valence-electron chi connectivity index (χ2n) is 6.15. The van der Waals surface area contributed by atoms with Gasteiger partial charge in [0.2, 0.25) is 5.91 Å². The minimum Gasteiger partial charge on any atom is -0.447 e. The van der Waals surface area contributed by atoms with Crippen molar-refractivity contribution < 1.29 is 14.3 Å². The molecule has 116 valence electrons. The summed E-state index contributed by atoms with van der Waals surface area (Å²) in [6.07, 6.45) is 4.76. The molecule has 0 N–H and O–H groups in total. The third-order valence-electron chi connectivity index (χ3n) is 4.50. The van der Waals surface area contributed by atoms with Crippen molar-refractivity contribution in [1.29, 1.82) is 0 Å². The molecule has 2 aliphatic rings. The molecule has 0 bridgehead atoms. The Labute approximate surface area is 130 Å². The molecule has 1 unspecified atom stereocenters. The number of amides is 2. The number of carbonyl (C=O) groups is 2. The Morgan fingerprint density at radius 3 is 2.77 bits per heavy atom. The molecule has 1 fully saturated rings. The molecule has 3 rings (SSSR count). The molecule has 1 aromatic rings. The second-order valence-corrected chi connectivity index (χ2v) is 6.15. The summed E-state index contributed by atoms with van der Waals surface area (Å²) in [6.45, 7) is 2.38. The Morgan fingerprint density at radius 2 is 2.09 bits per heavy atom. The van der Waals surface area contributed by atoms with Crippen molar-refractivity contribution in [2.45, 2.75) is 38.6 Å². The number of cyclic esters (lactones) is 1. The third kappa shape index (κ3) is 3.06. The van der Waals surface area contributed by atoms with Crippen molar-refractivity contribution in [3.05, 3.63) is 47.5 Å². The first-order valence-corrected chi connectivity index (χ1v) is 7.84. The molecule has 1 aliphatic carbocycles. The van der Waals surface area contributed by atoms with Crippen LogP contribution >= 0.6 is 0 Å². The van der Waals surface area contributed by atoms with E-state index in [0.29, 0.717) is 13.0 Å². The van der Waals surface area contributed by atoms with Crippen molar-refractivity contribution in [3.8, 4) is 0 Å². The van der Waals surface area contributed by atoms with Crippen LogP contribution in [0.15, 0.2) is 42.0 Å². The van der Waals surface area contributed by atoms with E-state index in [4.69, 9.17) is 4.74 Å². The number of nitrogens with zero attached hydrogens (tertiary/aromatic N) is 1. The molecule has 1 heterocycles. The van der Waals surface area contributed by atoms with Crippen LogP contribution in [-0.2, 0) is 16.0 Å². The topological polar surface area (TPSA) is 46.6 Å². The third-order valence-corrected chi connectivity index (χ3v) is 4.50. The van der Waals surface area contributed by atoms with Crippen LogP contribution in [0.25, 0.3) is 0 Å². The monoisotopic (exact) mass is 299 g/mol. The fourth-order valence-corrected chi connectivity index (χ4v) is 3.15. The first-order chi connectivity index (χ1) is 10.6. The lowest BCUT2D eigenvalue weighted by Gasteiger charge is -2.26. The van der Waals surface area contributed by atoms with E-state index in [-0.39, 0.29) is 17.9 Å². The largest absolute Gasteiger partial charge is 0.447 e. The van der Waals surface area contributed by atoms with Crippen molar-refractivity contribution >= 4 is 12.0 Å². The predicted molar refractivity (Wildman–Crippen MR) is 83.2 cm³/mol. The molecule has 4 heteroatoms. The minimum absolute atomic E-state index is 0.0767. The van der Waals surface area contributed by atoms with Crippen LogP contribution in [0.5, 0.6) is 0 Å². The predicted octanol–water partition coefficient (Wildman–Crippen LogP) is 3.32. The maximum absolute atomic E-state index is 12.7. The normalized spacial score (nSPS) is 24.9. The fraction of sp³-hybridized carbons (Fsp3) is 0.444. The minimum atomic E-state index is -0.489. The highest BCUT2D eigenvalue weighted by atomic mass is 16.6. The van der Waals surface area contributed by atoms with E-state index in [1.165, 1.54) is 10.5 Å². The molecule has 2 atom stereocenters. The van der Waals surface area contributed by atoms with Crippen molar-refractivity contribution in [1.82, 2.24) is 4.90 Å². The smallest absolute Gasteiger partial charge is 0.416 e. The van der Waals surface area contributed by atoms with Gasteiger partial charge in [-0.05, 0) is 38.2 Å². The van der Waals surface area contributed by atoms with Crippen molar-refractivity contribution in [2.75, 3.05) is 6.61 Å². The number of benzene rings is 1. The molecule has 2 amide bonds.